The van der Waals surface area contributed by atoms with E-state index in [0.29, 0.717) is 0 Å². The second kappa shape index (κ2) is 12.3. The van der Waals surface area contributed by atoms with Crippen LogP contribution in [0.3, 0.4) is 0 Å². The van der Waals surface area contributed by atoms with Crippen LogP contribution in [-0.4, -0.2) is 67.4 Å². The van der Waals surface area contributed by atoms with E-state index in [2.05, 4.69) is 0 Å². The fourth-order valence-corrected chi connectivity index (χ4v) is 3.89. The van der Waals surface area contributed by atoms with Crippen molar-refractivity contribution in [3.63, 3.8) is 0 Å². The van der Waals surface area contributed by atoms with Crippen molar-refractivity contribution in [2.75, 3.05) is 13.7 Å². The number of aliphatic hydroxyl groups excluding tert-OH is 1. The number of carbonyl (C=O) groups is 3. The van der Waals surface area contributed by atoms with E-state index in [9.17, 15) is 19.5 Å². The van der Waals surface area contributed by atoms with Crippen LogP contribution in [0.5, 0.6) is 0 Å². The SMILES string of the molecule is COC[C@H]1O[C@H](O)[C@H](OC(=O)c2ccccc2)[C@@H](OC(=O)c2ccccc2)[C@@H]1OC(=O)c1ccccc1. The summed E-state index contributed by atoms with van der Waals surface area (Å²) in [6.45, 7) is -0.109. The monoisotopic (exact) mass is 506 g/mol. The van der Waals surface area contributed by atoms with Crippen LogP contribution in [0.15, 0.2) is 91.0 Å². The third kappa shape index (κ3) is 6.39. The topological polar surface area (TPSA) is 118 Å². The molecule has 1 fully saturated rings. The number of hydrogen-bond donors (Lipinski definition) is 1. The summed E-state index contributed by atoms with van der Waals surface area (Å²) in [5, 5.41) is 10.8. The van der Waals surface area contributed by atoms with Gasteiger partial charge in [0.25, 0.3) is 0 Å². The molecule has 192 valence electrons. The molecule has 0 unspecified atom stereocenters. The molecule has 5 atom stereocenters. The number of benzene rings is 3. The molecule has 0 radical (unpaired) electrons. The van der Waals surface area contributed by atoms with Crippen molar-refractivity contribution >= 4 is 17.9 Å². The van der Waals surface area contributed by atoms with E-state index in [4.69, 9.17) is 23.7 Å². The van der Waals surface area contributed by atoms with Gasteiger partial charge in [-0.2, -0.15) is 0 Å². The van der Waals surface area contributed by atoms with Gasteiger partial charge in [-0.15, -0.1) is 0 Å². The van der Waals surface area contributed by atoms with Crippen LogP contribution in [0.2, 0.25) is 0 Å². The van der Waals surface area contributed by atoms with E-state index in [1.54, 1.807) is 78.9 Å². The highest BCUT2D eigenvalue weighted by atomic mass is 16.7. The molecule has 0 saturated carbocycles. The molecule has 3 aromatic rings. The first kappa shape index (κ1) is 26.0. The average molecular weight is 507 g/mol. The molecule has 1 N–H and O–H groups in total. The van der Waals surface area contributed by atoms with Crippen LogP contribution in [0.25, 0.3) is 0 Å². The molecule has 1 heterocycles. The Labute approximate surface area is 213 Å². The summed E-state index contributed by atoms with van der Waals surface area (Å²) in [5.74, 6) is -2.27. The molecule has 1 aliphatic heterocycles. The number of ether oxygens (including phenoxy) is 5. The Balaban J connectivity index is 1.67. The van der Waals surface area contributed by atoms with Gasteiger partial charge in [-0.05, 0) is 36.4 Å². The van der Waals surface area contributed by atoms with Crippen molar-refractivity contribution in [1.82, 2.24) is 0 Å². The van der Waals surface area contributed by atoms with E-state index in [1.807, 2.05) is 0 Å². The van der Waals surface area contributed by atoms with Gasteiger partial charge in [0.2, 0.25) is 0 Å². The third-order valence-corrected chi connectivity index (χ3v) is 5.70. The lowest BCUT2D eigenvalue weighted by atomic mass is 9.98. The Kier molecular flexibility index (Phi) is 8.63. The highest BCUT2D eigenvalue weighted by Gasteiger charge is 2.52. The summed E-state index contributed by atoms with van der Waals surface area (Å²) in [5.41, 5.74) is 0.670. The van der Waals surface area contributed by atoms with Crippen LogP contribution in [0.4, 0.5) is 0 Å². The van der Waals surface area contributed by atoms with Crippen LogP contribution < -0.4 is 0 Å². The van der Waals surface area contributed by atoms with E-state index in [-0.39, 0.29) is 23.3 Å². The van der Waals surface area contributed by atoms with Gasteiger partial charge in [0.15, 0.2) is 24.6 Å². The Bertz CT molecular complexity index is 1180. The summed E-state index contributed by atoms with van der Waals surface area (Å²) >= 11 is 0. The zero-order valence-electron chi connectivity index (χ0n) is 20.0. The standard InChI is InChI=1S/C28H26O9/c1-33-17-21-22(35-25(29)18-11-5-2-6-12-18)23(36-26(30)19-13-7-3-8-14-19)24(28(32)34-21)37-27(31)20-15-9-4-10-16-20/h2-16,21-24,28,32H,17H2,1H3/t21-,22-,23+,24-,28+/m1/s1. The first-order valence-electron chi connectivity index (χ1n) is 11.6. The summed E-state index contributed by atoms with van der Waals surface area (Å²) in [6, 6.07) is 24.4. The molecule has 3 aromatic carbocycles. The molecule has 0 aromatic heterocycles. The molecule has 0 spiro atoms. The second-order valence-electron chi connectivity index (χ2n) is 8.23. The highest BCUT2D eigenvalue weighted by molar-refractivity contribution is 5.91. The first-order valence-corrected chi connectivity index (χ1v) is 11.6. The van der Waals surface area contributed by atoms with Gasteiger partial charge in [-0.3, -0.25) is 0 Å². The zero-order chi connectivity index (χ0) is 26.2. The van der Waals surface area contributed by atoms with E-state index >= 15 is 0 Å². The van der Waals surface area contributed by atoms with Crippen molar-refractivity contribution in [3.05, 3.63) is 108 Å². The molecule has 1 aliphatic rings. The molecule has 4 rings (SSSR count). The van der Waals surface area contributed by atoms with E-state index < -0.39 is 48.6 Å². The van der Waals surface area contributed by atoms with Gasteiger partial charge in [-0.1, -0.05) is 54.6 Å². The quantitative estimate of drug-likeness (QED) is 0.363. The van der Waals surface area contributed by atoms with Gasteiger partial charge in [0.05, 0.1) is 23.3 Å². The maximum atomic E-state index is 13.0. The third-order valence-electron chi connectivity index (χ3n) is 5.70. The number of aliphatic hydroxyl groups is 1. The summed E-state index contributed by atoms with van der Waals surface area (Å²) in [6.07, 6.45) is -6.95. The minimum absolute atomic E-state index is 0.109. The molecule has 1 saturated heterocycles. The Morgan fingerprint density at radius 1 is 0.649 bits per heavy atom. The van der Waals surface area contributed by atoms with Gasteiger partial charge in [0.1, 0.15) is 6.10 Å². The Morgan fingerprint density at radius 3 is 1.43 bits per heavy atom. The van der Waals surface area contributed by atoms with Gasteiger partial charge in [-0.25, -0.2) is 14.4 Å². The number of methoxy groups -OCH3 is 1. The minimum atomic E-state index is -1.70. The lowest BCUT2D eigenvalue weighted by molar-refractivity contribution is -0.285. The molecular formula is C28H26O9. The summed E-state index contributed by atoms with van der Waals surface area (Å²) in [7, 11) is 1.40. The van der Waals surface area contributed by atoms with Crippen molar-refractivity contribution in [1.29, 1.82) is 0 Å². The van der Waals surface area contributed by atoms with Gasteiger partial charge >= 0.3 is 17.9 Å². The van der Waals surface area contributed by atoms with Gasteiger partial charge in [0, 0.05) is 7.11 Å². The first-order chi connectivity index (χ1) is 18.0. The predicted molar refractivity (Wildman–Crippen MR) is 130 cm³/mol. The Hall–Kier alpha value is -4.05. The maximum absolute atomic E-state index is 13.0. The largest absolute Gasteiger partial charge is 0.452 e. The second-order valence-corrected chi connectivity index (χ2v) is 8.23. The molecule has 0 aliphatic carbocycles. The van der Waals surface area contributed by atoms with E-state index in [1.165, 1.54) is 19.2 Å². The molecule has 9 heteroatoms. The van der Waals surface area contributed by atoms with Crippen LogP contribution in [0.1, 0.15) is 31.1 Å². The van der Waals surface area contributed by atoms with Gasteiger partial charge < -0.3 is 28.8 Å². The lowest BCUT2D eigenvalue weighted by Crippen LogP contribution is -2.62. The highest BCUT2D eigenvalue weighted by Crippen LogP contribution is 2.30. The number of hydrogen-bond acceptors (Lipinski definition) is 9. The normalized spacial score (nSPS) is 23.0. The molecular weight excluding hydrogens is 480 g/mol. The predicted octanol–water partition coefficient (Wildman–Crippen LogP) is 3.03. The van der Waals surface area contributed by atoms with Crippen molar-refractivity contribution in [2.24, 2.45) is 0 Å². The fourth-order valence-electron chi connectivity index (χ4n) is 3.89. The average Bonchev–Trinajstić information content (AvgIpc) is 2.94. The lowest BCUT2D eigenvalue weighted by Gasteiger charge is -2.42. The zero-order valence-corrected chi connectivity index (χ0v) is 20.0. The molecule has 0 bridgehead atoms. The number of esters is 3. The maximum Gasteiger partial charge on any atom is 0.338 e. The van der Waals surface area contributed by atoms with Crippen LogP contribution in [-0.2, 0) is 23.7 Å². The van der Waals surface area contributed by atoms with E-state index in [0.717, 1.165) is 0 Å². The number of rotatable bonds is 8. The molecule has 37 heavy (non-hydrogen) atoms. The fraction of sp³-hybridized carbons (Fsp3) is 0.250. The number of carbonyl (C=O) groups excluding carboxylic acids is 3. The smallest absolute Gasteiger partial charge is 0.338 e. The van der Waals surface area contributed by atoms with Crippen LogP contribution in [0, 0.1) is 0 Å². The minimum Gasteiger partial charge on any atom is -0.452 e. The summed E-state index contributed by atoms with van der Waals surface area (Å²) < 4.78 is 27.9. The molecule has 0 amide bonds. The van der Waals surface area contributed by atoms with Crippen LogP contribution >= 0.6 is 0 Å². The Morgan fingerprint density at radius 2 is 1.03 bits per heavy atom. The molecule has 9 nitrogen and oxygen atoms in total. The van der Waals surface area contributed by atoms with Crippen molar-refractivity contribution < 1.29 is 43.2 Å². The van der Waals surface area contributed by atoms with Crippen molar-refractivity contribution in [2.45, 2.75) is 30.7 Å². The summed E-state index contributed by atoms with van der Waals surface area (Å²) in [4.78, 5) is 38.9. The van der Waals surface area contributed by atoms with Crippen molar-refractivity contribution in [3.8, 4) is 0 Å².